The first-order valence-corrected chi connectivity index (χ1v) is 11.1. The van der Waals surface area contributed by atoms with E-state index in [0.29, 0.717) is 10.0 Å². The number of phenols is 1. The monoisotopic (exact) mass is 511 g/mol. The minimum absolute atomic E-state index is 0.0716. The van der Waals surface area contributed by atoms with Gasteiger partial charge >= 0.3 is 12.1 Å². The lowest BCUT2D eigenvalue weighted by molar-refractivity contribution is -0.139. The Morgan fingerprint density at radius 3 is 2.24 bits per heavy atom. The van der Waals surface area contributed by atoms with Crippen LogP contribution in [0.2, 0.25) is 0 Å². The molecule has 1 atom stereocenters. The van der Waals surface area contributed by atoms with Gasteiger partial charge in [-0.3, -0.25) is 0 Å². The molecule has 3 N–H and O–H groups in total. The molecule has 0 bridgehead atoms. The Hall–Kier alpha value is -3.52. The highest BCUT2D eigenvalue weighted by Crippen LogP contribution is 2.44. The van der Waals surface area contributed by atoms with Crippen molar-refractivity contribution >= 4 is 28.0 Å². The maximum absolute atomic E-state index is 12.5. The molecule has 3 aromatic carbocycles. The summed E-state index contributed by atoms with van der Waals surface area (Å²) < 4.78 is 11.2. The predicted octanol–water partition coefficient (Wildman–Crippen LogP) is 4.70. The fourth-order valence-electron chi connectivity index (χ4n) is 4.14. The predicted molar refractivity (Wildman–Crippen MR) is 126 cm³/mol. The third-order valence-corrected chi connectivity index (χ3v) is 6.15. The van der Waals surface area contributed by atoms with E-state index in [0.717, 1.165) is 22.3 Å². The van der Waals surface area contributed by atoms with Gasteiger partial charge in [0.15, 0.2) is 11.5 Å². The number of fused-ring (bicyclic) bond motifs is 3. The molecule has 1 unspecified atom stereocenters. The van der Waals surface area contributed by atoms with Gasteiger partial charge in [-0.15, -0.1) is 0 Å². The molecule has 3 aromatic rings. The zero-order valence-corrected chi connectivity index (χ0v) is 19.3. The SMILES string of the molecule is COc1cc(Br)cc(CC(NC(=O)OCC2c3ccccc3-c3ccccc32)C(=O)O)c1O. The van der Waals surface area contributed by atoms with Crippen molar-refractivity contribution in [3.8, 4) is 22.6 Å². The Balaban J connectivity index is 1.46. The van der Waals surface area contributed by atoms with Crippen LogP contribution in [0.4, 0.5) is 4.79 Å². The molecule has 1 aliphatic carbocycles. The Morgan fingerprint density at radius 2 is 1.67 bits per heavy atom. The van der Waals surface area contributed by atoms with Crippen LogP contribution in [0.3, 0.4) is 0 Å². The highest BCUT2D eigenvalue weighted by atomic mass is 79.9. The van der Waals surface area contributed by atoms with E-state index in [1.807, 2.05) is 48.5 Å². The fraction of sp³-hybridized carbons (Fsp3) is 0.200. The van der Waals surface area contributed by atoms with E-state index in [1.54, 1.807) is 12.1 Å². The standard InChI is InChI=1S/C25H22BrNO6/c1-32-22-12-15(26)10-14(23(22)28)11-21(24(29)30)27-25(31)33-13-20-18-8-4-2-6-16(18)17-7-3-5-9-19(17)20/h2-10,12,20-21,28H,11,13H2,1H3,(H,27,31)(H,29,30). The summed E-state index contributed by atoms with van der Waals surface area (Å²) in [5, 5.41) is 22.3. The summed E-state index contributed by atoms with van der Waals surface area (Å²) in [6.45, 7) is 0.0716. The third-order valence-electron chi connectivity index (χ3n) is 5.70. The average Bonchev–Trinajstić information content (AvgIpc) is 3.13. The number of phenolic OH excluding ortho intramolecular Hbond substituents is 1. The molecule has 0 saturated heterocycles. The van der Waals surface area contributed by atoms with E-state index in [4.69, 9.17) is 9.47 Å². The van der Waals surface area contributed by atoms with Gasteiger partial charge in [0.2, 0.25) is 0 Å². The molecule has 0 spiro atoms. The van der Waals surface area contributed by atoms with E-state index >= 15 is 0 Å². The number of amides is 1. The molecule has 33 heavy (non-hydrogen) atoms. The summed E-state index contributed by atoms with van der Waals surface area (Å²) >= 11 is 3.30. The minimum Gasteiger partial charge on any atom is -0.504 e. The van der Waals surface area contributed by atoms with Crippen molar-refractivity contribution in [2.24, 2.45) is 0 Å². The lowest BCUT2D eigenvalue weighted by Crippen LogP contribution is -2.43. The summed E-state index contributed by atoms with van der Waals surface area (Å²) in [6, 6.07) is 17.7. The summed E-state index contributed by atoms with van der Waals surface area (Å²) in [7, 11) is 1.40. The number of hydrogen-bond acceptors (Lipinski definition) is 5. The molecule has 7 nitrogen and oxygen atoms in total. The molecule has 4 rings (SSSR count). The number of ether oxygens (including phenoxy) is 2. The molecule has 1 amide bonds. The quantitative estimate of drug-likeness (QED) is 0.424. The summed E-state index contributed by atoms with van der Waals surface area (Å²) in [6.07, 6.45) is -0.994. The number of nitrogens with one attached hydrogen (secondary N) is 1. The lowest BCUT2D eigenvalue weighted by Gasteiger charge is -2.18. The van der Waals surface area contributed by atoms with Crippen LogP contribution in [0.25, 0.3) is 11.1 Å². The second kappa shape index (κ2) is 9.54. The molecule has 8 heteroatoms. The van der Waals surface area contributed by atoms with Gasteiger partial charge in [-0.1, -0.05) is 64.5 Å². The fourth-order valence-corrected chi connectivity index (χ4v) is 4.63. The molecule has 0 fully saturated rings. The molecule has 0 aromatic heterocycles. The first kappa shape index (κ1) is 22.7. The molecule has 0 radical (unpaired) electrons. The number of carbonyl (C=O) groups excluding carboxylic acids is 1. The van der Waals surface area contributed by atoms with E-state index in [-0.39, 0.29) is 30.4 Å². The molecule has 1 aliphatic rings. The van der Waals surface area contributed by atoms with Gasteiger partial charge in [0.1, 0.15) is 12.6 Å². The first-order chi connectivity index (χ1) is 15.9. The molecule has 170 valence electrons. The largest absolute Gasteiger partial charge is 0.504 e. The zero-order valence-electron chi connectivity index (χ0n) is 17.7. The van der Waals surface area contributed by atoms with E-state index < -0.39 is 18.1 Å². The van der Waals surface area contributed by atoms with Crippen LogP contribution in [0.1, 0.15) is 22.6 Å². The number of hydrogen-bond donors (Lipinski definition) is 3. The van der Waals surface area contributed by atoms with Crippen molar-refractivity contribution in [2.45, 2.75) is 18.4 Å². The van der Waals surface area contributed by atoms with Gasteiger partial charge in [-0.25, -0.2) is 9.59 Å². The number of carbonyl (C=O) groups is 2. The first-order valence-electron chi connectivity index (χ1n) is 10.3. The maximum atomic E-state index is 12.5. The van der Waals surface area contributed by atoms with Gasteiger partial charge in [0, 0.05) is 22.4 Å². The van der Waals surface area contributed by atoms with Gasteiger partial charge in [-0.2, -0.15) is 0 Å². The van der Waals surface area contributed by atoms with Crippen LogP contribution in [0.5, 0.6) is 11.5 Å². The van der Waals surface area contributed by atoms with Crippen LogP contribution in [-0.2, 0) is 16.0 Å². The molecular formula is C25H22BrNO6. The topological polar surface area (TPSA) is 105 Å². The number of alkyl carbamates (subject to hydrolysis) is 1. The van der Waals surface area contributed by atoms with Crippen molar-refractivity contribution < 1.29 is 29.3 Å². The number of aliphatic carboxylic acids is 1. The van der Waals surface area contributed by atoms with Crippen molar-refractivity contribution in [2.75, 3.05) is 13.7 Å². The zero-order chi connectivity index (χ0) is 23.5. The van der Waals surface area contributed by atoms with E-state index in [1.165, 1.54) is 7.11 Å². The van der Waals surface area contributed by atoms with Crippen LogP contribution >= 0.6 is 15.9 Å². The molecule has 0 saturated carbocycles. The smallest absolute Gasteiger partial charge is 0.407 e. The Kier molecular flexibility index (Phi) is 6.55. The van der Waals surface area contributed by atoms with Gasteiger partial charge < -0.3 is 25.0 Å². The number of methoxy groups -OCH3 is 1. The summed E-state index contributed by atoms with van der Waals surface area (Å²) in [5.41, 5.74) is 4.64. The number of benzene rings is 3. The number of carboxylic acid groups (broad SMARTS) is 1. The summed E-state index contributed by atoms with van der Waals surface area (Å²) in [5.74, 6) is -1.36. The van der Waals surface area contributed by atoms with Crippen molar-refractivity contribution in [1.29, 1.82) is 0 Å². The van der Waals surface area contributed by atoms with Gasteiger partial charge in [0.05, 0.1) is 7.11 Å². The van der Waals surface area contributed by atoms with Crippen LogP contribution in [-0.4, -0.2) is 42.0 Å². The highest BCUT2D eigenvalue weighted by Gasteiger charge is 2.30. The van der Waals surface area contributed by atoms with Crippen molar-refractivity contribution in [1.82, 2.24) is 5.32 Å². The normalized spacial score (nSPS) is 13.0. The van der Waals surface area contributed by atoms with Gasteiger partial charge in [-0.05, 0) is 34.4 Å². The van der Waals surface area contributed by atoms with Gasteiger partial charge in [0.25, 0.3) is 0 Å². The maximum Gasteiger partial charge on any atom is 0.407 e. The number of rotatable bonds is 7. The van der Waals surface area contributed by atoms with Crippen molar-refractivity contribution in [3.05, 3.63) is 81.8 Å². The minimum atomic E-state index is -1.30. The molecular weight excluding hydrogens is 490 g/mol. The average molecular weight is 512 g/mol. The van der Waals surface area contributed by atoms with Crippen LogP contribution < -0.4 is 10.1 Å². The Bertz CT molecular complexity index is 1170. The number of halogens is 1. The third kappa shape index (κ3) is 4.66. The molecule has 0 heterocycles. The Labute approximate surface area is 199 Å². The number of aromatic hydroxyl groups is 1. The van der Waals surface area contributed by atoms with E-state index in [2.05, 4.69) is 21.2 Å². The van der Waals surface area contributed by atoms with Crippen LogP contribution in [0.15, 0.2) is 65.1 Å². The Morgan fingerprint density at radius 1 is 1.06 bits per heavy atom. The highest BCUT2D eigenvalue weighted by molar-refractivity contribution is 9.10. The number of carboxylic acids is 1. The summed E-state index contributed by atoms with van der Waals surface area (Å²) in [4.78, 5) is 24.3. The van der Waals surface area contributed by atoms with Crippen molar-refractivity contribution in [3.63, 3.8) is 0 Å². The van der Waals surface area contributed by atoms with Crippen LogP contribution in [0, 0.1) is 0 Å². The second-order valence-corrected chi connectivity index (χ2v) is 8.60. The van der Waals surface area contributed by atoms with E-state index in [9.17, 15) is 19.8 Å². The lowest BCUT2D eigenvalue weighted by atomic mass is 9.98. The second-order valence-electron chi connectivity index (χ2n) is 7.68. The molecule has 0 aliphatic heterocycles.